The van der Waals surface area contributed by atoms with E-state index in [0.717, 1.165) is 24.4 Å². The Morgan fingerprint density at radius 3 is 2.31 bits per heavy atom. The minimum absolute atomic E-state index is 0.0153. The van der Waals surface area contributed by atoms with Gasteiger partial charge < -0.3 is 19.9 Å². The standard InChI is InChI=1S/C28H28N4O3/c1-28-19-24(23-9-5-6-10-25(23)35-28)29-27(34)32(28)22-13-11-20(12-14-22)26(33)31-17-15-30(16-18-31)21-7-3-2-4-8-21/h2-14,24H,15-19H2,1H3,(H,29,34)/t24-,28-/m1/s1. The van der Waals surface area contributed by atoms with Gasteiger partial charge in [0, 0.05) is 55.1 Å². The summed E-state index contributed by atoms with van der Waals surface area (Å²) in [4.78, 5) is 32.1. The van der Waals surface area contributed by atoms with Crippen molar-refractivity contribution in [1.82, 2.24) is 10.2 Å². The first kappa shape index (κ1) is 21.5. The molecule has 7 heteroatoms. The molecule has 0 unspecified atom stereocenters. The lowest BCUT2D eigenvalue weighted by atomic mass is 9.90. The van der Waals surface area contributed by atoms with E-state index in [1.165, 1.54) is 5.69 Å². The van der Waals surface area contributed by atoms with Crippen LogP contribution < -0.4 is 19.9 Å². The molecule has 0 spiro atoms. The number of ether oxygens (including phenoxy) is 1. The van der Waals surface area contributed by atoms with Crippen molar-refractivity contribution in [1.29, 1.82) is 0 Å². The number of amides is 3. The molecule has 3 aromatic carbocycles. The maximum Gasteiger partial charge on any atom is 0.325 e. The third-order valence-corrected chi connectivity index (χ3v) is 7.24. The van der Waals surface area contributed by atoms with Gasteiger partial charge in [-0.1, -0.05) is 36.4 Å². The molecule has 7 nitrogen and oxygen atoms in total. The third-order valence-electron chi connectivity index (χ3n) is 7.24. The van der Waals surface area contributed by atoms with E-state index in [4.69, 9.17) is 4.74 Å². The Balaban J connectivity index is 1.17. The van der Waals surface area contributed by atoms with E-state index in [1.807, 2.05) is 66.4 Å². The summed E-state index contributed by atoms with van der Waals surface area (Å²) in [6, 6.07) is 25.1. The quantitative estimate of drug-likeness (QED) is 0.618. The summed E-state index contributed by atoms with van der Waals surface area (Å²) in [6.07, 6.45) is 0.641. The molecule has 35 heavy (non-hydrogen) atoms. The number of rotatable bonds is 3. The summed E-state index contributed by atoms with van der Waals surface area (Å²) < 4.78 is 6.33. The van der Waals surface area contributed by atoms with Gasteiger partial charge in [-0.3, -0.25) is 9.69 Å². The molecule has 2 fully saturated rings. The highest BCUT2D eigenvalue weighted by atomic mass is 16.5. The van der Waals surface area contributed by atoms with Crippen LogP contribution in [0.4, 0.5) is 16.2 Å². The van der Waals surface area contributed by atoms with Gasteiger partial charge in [0.15, 0.2) is 5.72 Å². The zero-order valence-electron chi connectivity index (χ0n) is 19.7. The molecule has 0 aliphatic carbocycles. The van der Waals surface area contributed by atoms with Crippen LogP contribution >= 0.6 is 0 Å². The minimum atomic E-state index is -0.805. The van der Waals surface area contributed by atoms with Crippen LogP contribution in [0.5, 0.6) is 5.75 Å². The van der Waals surface area contributed by atoms with Crippen molar-refractivity contribution in [3.8, 4) is 5.75 Å². The first-order valence-electron chi connectivity index (χ1n) is 12.1. The van der Waals surface area contributed by atoms with Gasteiger partial charge in [-0.15, -0.1) is 0 Å². The Morgan fingerprint density at radius 1 is 0.886 bits per heavy atom. The van der Waals surface area contributed by atoms with E-state index in [-0.39, 0.29) is 18.0 Å². The average Bonchev–Trinajstić information content (AvgIpc) is 2.89. The highest BCUT2D eigenvalue weighted by Gasteiger charge is 2.49. The van der Waals surface area contributed by atoms with Crippen LogP contribution in [0, 0.1) is 0 Å². The van der Waals surface area contributed by atoms with Gasteiger partial charge >= 0.3 is 6.03 Å². The number of hydrogen-bond acceptors (Lipinski definition) is 4. The molecule has 3 aromatic rings. The van der Waals surface area contributed by atoms with Gasteiger partial charge in [-0.25, -0.2) is 4.79 Å². The number of nitrogens with zero attached hydrogens (tertiary/aromatic N) is 3. The maximum atomic E-state index is 13.2. The number of urea groups is 1. The second kappa shape index (κ2) is 8.34. The smallest absolute Gasteiger partial charge is 0.325 e. The SMILES string of the molecule is C[C@@]12C[C@@H](NC(=O)N1c1ccc(C(=O)N3CCN(c4ccccc4)CC3)cc1)c1ccccc1O2. The van der Waals surface area contributed by atoms with Crippen LogP contribution in [0.1, 0.15) is 35.3 Å². The van der Waals surface area contributed by atoms with E-state index in [1.54, 1.807) is 17.0 Å². The average molecular weight is 469 g/mol. The highest BCUT2D eigenvalue weighted by Crippen LogP contribution is 2.45. The lowest BCUT2D eigenvalue weighted by Gasteiger charge is -2.50. The molecule has 3 heterocycles. The van der Waals surface area contributed by atoms with Gasteiger partial charge in [-0.05, 0) is 49.4 Å². The normalized spacial score (nSPS) is 23.3. The van der Waals surface area contributed by atoms with Crippen molar-refractivity contribution < 1.29 is 14.3 Å². The fourth-order valence-corrected chi connectivity index (χ4v) is 5.46. The van der Waals surface area contributed by atoms with Crippen LogP contribution in [0.15, 0.2) is 78.9 Å². The number of anilines is 2. The van der Waals surface area contributed by atoms with Gasteiger partial charge in [0.2, 0.25) is 0 Å². The number of carbonyl (C=O) groups is 2. The molecule has 2 atom stereocenters. The molecule has 3 amide bonds. The first-order chi connectivity index (χ1) is 17.0. The van der Waals surface area contributed by atoms with Gasteiger partial charge in [0.25, 0.3) is 5.91 Å². The molecule has 0 radical (unpaired) electrons. The Bertz CT molecular complexity index is 1250. The topological polar surface area (TPSA) is 65.1 Å². The Morgan fingerprint density at radius 2 is 1.57 bits per heavy atom. The Hall–Kier alpha value is -4.00. The predicted molar refractivity (Wildman–Crippen MR) is 135 cm³/mol. The lowest BCUT2D eigenvalue weighted by Crippen LogP contribution is -2.65. The molecule has 2 saturated heterocycles. The fourth-order valence-electron chi connectivity index (χ4n) is 5.46. The molecule has 2 bridgehead atoms. The lowest BCUT2D eigenvalue weighted by molar-refractivity contribution is 0.0379. The summed E-state index contributed by atoms with van der Waals surface area (Å²) in [5.74, 6) is 0.805. The molecule has 0 aromatic heterocycles. The van der Waals surface area contributed by atoms with Crippen molar-refractivity contribution in [2.75, 3.05) is 36.0 Å². The zero-order chi connectivity index (χ0) is 24.0. The number of fused-ring (bicyclic) bond motifs is 4. The Labute approximate surface area is 204 Å². The molecular formula is C28H28N4O3. The summed E-state index contributed by atoms with van der Waals surface area (Å²) >= 11 is 0. The number of para-hydroxylation sites is 2. The molecule has 3 aliphatic heterocycles. The van der Waals surface area contributed by atoms with E-state index < -0.39 is 5.72 Å². The number of carbonyl (C=O) groups excluding carboxylic acids is 2. The first-order valence-corrected chi connectivity index (χ1v) is 12.1. The van der Waals surface area contributed by atoms with Crippen LogP contribution in [-0.2, 0) is 0 Å². The molecule has 0 saturated carbocycles. The summed E-state index contributed by atoms with van der Waals surface area (Å²) in [6.45, 7) is 4.91. The third kappa shape index (κ3) is 3.77. The van der Waals surface area contributed by atoms with Gasteiger partial charge in [0.05, 0.1) is 6.04 Å². The second-order valence-electron chi connectivity index (χ2n) is 9.52. The van der Waals surface area contributed by atoms with E-state index in [9.17, 15) is 9.59 Å². The van der Waals surface area contributed by atoms with Crippen LogP contribution in [0.25, 0.3) is 0 Å². The van der Waals surface area contributed by atoms with Crippen molar-refractivity contribution in [2.24, 2.45) is 0 Å². The molecule has 1 N–H and O–H groups in total. The van der Waals surface area contributed by atoms with Crippen molar-refractivity contribution in [2.45, 2.75) is 25.1 Å². The minimum Gasteiger partial charge on any atom is -0.467 e. The molecular weight excluding hydrogens is 440 g/mol. The van der Waals surface area contributed by atoms with Crippen molar-refractivity contribution >= 4 is 23.3 Å². The van der Waals surface area contributed by atoms with E-state index in [0.29, 0.717) is 30.8 Å². The molecule has 3 aliphatic rings. The number of piperazine rings is 1. The zero-order valence-corrected chi connectivity index (χ0v) is 19.7. The second-order valence-corrected chi connectivity index (χ2v) is 9.52. The monoisotopic (exact) mass is 468 g/mol. The van der Waals surface area contributed by atoms with Gasteiger partial charge in [0.1, 0.15) is 5.75 Å². The molecule has 6 rings (SSSR count). The van der Waals surface area contributed by atoms with Crippen LogP contribution in [0.2, 0.25) is 0 Å². The van der Waals surface area contributed by atoms with Crippen LogP contribution in [0.3, 0.4) is 0 Å². The number of hydrogen-bond donors (Lipinski definition) is 1. The van der Waals surface area contributed by atoms with Gasteiger partial charge in [-0.2, -0.15) is 0 Å². The largest absolute Gasteiger partial charge is 0.467 e. The van der Waals surface area contributed by atoms with E-state index >= 15 is 0 Å². The number of benzene rings is 3. The maximum absolute atomic E-state index is 13.2. The van der Waals surface area contributed by atoms with Crippen molar-refractivity contribution in [3.63, 3.8) is 0 Å². The Kier molecular flexibility index (Phi) is 5.13. The summed E-state index contributed by atoms with van der Waals surface area (Å²) in [5, 5.41) is 3.11. The van der Waals surface area contributed by atoms with Crippen LogP contribution in [-0.4, -0.2) is 48.7 Å². The highest BCUT2D eigenvalue weighted by molar-refractivity contribution is 5.97. The van der Waals surface area contributed by atoms with Crippen molar-refractivity contribution in [3.05, 3.63) is 90.0 Å². The predicted octanol–water partition coefficient (Wildman–Crippen LogP) is 4.42. The van der Waals surface area contributed by atoms with E-state index in [2.05, 4.69) is 22.3 Å². The summed E-state index contributed by atoms with van der Waals surface area (Å²) in [5.41, 5.74) is 2.71. The molecule has 178 valence electrons. The summed E-state index contributed by atoms with van der Waals surface area (Å²) in [7, 11) is 0. The fraction of sp³-hybridized carbons (Fsp3) is 0.286. The number of nitrogens with one attached hydrogen (secondary N) is 1.